The first-order chi connectivity index (χ1) is 8.19. The van der Waals surface area contributed by atoms with Gasteiger partial charge in [-0.05, 0) is 24.1 Å². The number of nitrogens with zero attached hydrogens (tertiary/aromatic N) is 1. The Labute approximate surface area is 101 Å². The normalized spacial score (nSPS) is 22.6. The van der Waals surface area contributed by atoms with Crippen LogP contribution in [0.4, 0.5) is 0 Å². The van der Waals surface area contributed by atoms with E-state index in [9.17, 15) is 9.90 Å². The van der Waals surface area contributed by atoms with E-state index in [0.717, 1.165) is 5.57 Å². The quantitative estimate of drug-likeness (QED) is 0.751. The summed E-state index contributed by atoms with van der Waals surface area (Å²) in [6.07, 6.45) is 9.05. The minimum atomic E-state index is -0.0775. The number of carbonyl (C=O) groups is 1. The first-order valence-corrected chi connectivity index (χ1v) is 5.53. The Kier molecular flexibility index (Phi) is 3.00. The van der Waals surface area contributed by atoms with Crippen molar-refractivity contribution in [1.82, 2.24) is 4.90 Å². The molecule has 88 valence electrons. The number of fused-ring (bicyclic) bond motifs is 1. The summed E-state index contributed by atoms with van der Waals surface area (Å²) in [4.78, 5) is 13.9. The van der Waals surface area contributed by atoms with E-state index in [0.29, 0.717) is 18.5 Å². The van der Waals surface area contributed by atoms with E-state index >= 15 is 0 Å². The van der Waals surface area contributed by atoms with Crippen LogP contribution in [0.5, 0.6) is 0 Å². The molecule has 1 aliphatic carbocycles. The summed E-state index contributed by atoms with van der Waals surface area (Å²) in [5.41, 5.74) is 1.58. The van der Waals surface area contributed by atoms with Gasteiger partial charge in [0.15, 0.2) is 0 Å². The van der Waals surface area contributed by atoms with Gasteiger partial charge in [0.05, 0.1) is 6.04 Å². The minimum absolute atomic E-state index is 0.000370. The number of rotatable bonds is 4. The SMILES string of the molecule is C=CCC1=C2C=C(O)C=CC2N(CC=C)C1=O. The summed E-state index contributed by atoms with van der Waals surface area (Å²) < 4.78 is 0. The Morgan fingerprint density at radius 1 is 1.41 bits per heavy atom. The van der Waals surface area contributed by atoms with Gasteiger partial charge in [-0.1, -0.05) is 18.2 Å². The molecule has 1 amide bonds. The zero-order valence-corrected chi connectivity index (χ0v) is 9.60. The van der Waals surface area contributed by atoms with E-state index in [1.165, 1.54) is 0 Å². The van der Waals surface area contributed by atoms with Gasteiger partial charge in [-0.15, -0.1) is 13.2 Å². The molecule has 0 bridgehead atoms. The molecular weight excluding hydrogens is 214 g/mol. The summed E-state index contributed by atoms with van der Waals surface area (Å²) in [6.45, 7) is 7.83. The van der Waals surface area contributed by atoms with Crippen LogP contribution >= 0.6 is 0 Å². The van der Waals surface area contributed by atoms with Crippen molar-refractivity contribution in [2.45, 2.75) is 12.5 Å². The van der Waals surface area contributed by atoms with Crippen LogP contribution in [0.2, 0.25) is 0 Å². The standard InChI is InChI=1S/C14H15NO2/c1-3-5-11-12-9-10(16)6-7-13(12)15(8-4-2)14(11)17/h3-4,6-7,9,13,16H,1-2,5,8H2. The van der Waals surface area contributed by atoms with E-state index < -0.39 is 0 Å². The van der Waals surface area contributed by atoms with Gasteiger partial charge < -0.3 is 10.0 Å². The molecule has 1 unspecified atom stereocenters. The van der Waals surface area contributed by atoms with Gasteiger partial charge in [-0.25, -0.2) is 0 Å². The van der Waals surface area contributed by atoms with Crippen molar-refractivity contribution in [3.8, 4) is 0 Å². The van der Waals surface area contributed by atoms with Crippen molar-refractivity contribution in [3.63, 3.8) is 0 Å². The van der Waals surface area contributed by atoms with Crippen molar-refractivity contribution in [3.05, 3.63) is 60.4 Å². The maximum absolute atomic E-state index is 12.2. The van der Waals surface area contributed by atoms with Crippen LogP contribution in [-0.4, -0.2) is 28.5 Å². The lowest BCUT2D eigenvalue weighted by Crippen LogP contribution is -2.35. The molecule has 1 N–H and O–H groups in total. The van der Waals surface area contributed by atoms with E-state index in [4.69, 9.17) is 0 Å². The highest BCUT2D eigenvalue weighted by molar-refractivity contribution is 5.99. The lowest BCUT2D eigenvalue weighted by molar-refractivity contribution is -0.125. The molecular formula is C14H15NO2. The summed E-state index contributed by atoms with van der Waals surface area (Å²) >= 11 is 0. The molecule has 3 heteroatoms. The molecule has 0 aromatic heterocycles. The molecule has 17 heavy (non-hydrogen) atoms. The highest BCUT2D eigenvalue weighted by Crippen LogP contribution is 2.33. The number of carbonyl (C=O) groups excluding carboxylic acids is 1. The fourth-order valence-electron chi connectivity index (χ4n) is 2.23. The fourth-order valence-corrected chi connectivity index (χ4v) is 2.23. The largest absolute Gasteiger partial charge is 0.508 e. The van der Waals surface area contributed by atoms with Gasteiger partial charge in [0.25, 0.3) is 5.91 Å². The first-order valence-electron chi connectivity index (χ1n) is 5.53. The lowest BCUT2D eigenvalue weighted by Gasteiger charge is -2.24. The topological polar surface area (TPSA) is 40.5 Å². The highest BCUT2D eigenvalue weighted by Gasteiger charge is 2.36. The maximum atomic E-state index is 12.2. The van der Waals surface area contributed by atoms with E-state index in [2.05, 4.69) is 13.2 Å². The van der Waals surface area contributed by atoms with E-state index in [1.807, 2.05) is 6.08 Å². The second-order valence-electron chi connectivity index (χ2n) is 4.05. The second kappa shape index (κ2) is 4.45. The van der Waals surface area contributed by atoms with Crippen LogP contribution in [0.3, 0.4) is 0 Å². The number of aliphatic hydroxyl groups excluding tert-OH is 1. The second-order valence-corrected chi connectivity index (χ2v) is 4.05. The summed E-state index contributed by atoms with van der Waals surface area (Å²) in [5.74, 6) is 0.187. The van der Waals surface area contributed by atoms with E-state index in [-0.39, 0.29) is 17.7 Å². The van der Waals surface area contributed by atoms with Crippen LogP contribution < -0.4 is 0 Å². The summed E-state index contributed by atoms with van der Waals surface area (Å²) in [7, 11) is 0. The van der Waals surface area contributed by atoms with Gasteiger partial charge in [0.2, 0.25) is 0 Å². The van der Waals surface area contributed by atoms with Crippen LogP contribution in [-0.2, 0) is 4.79 Å². The molecule has 2 rings (SSSR count). The van der Waals surface area contributed by atoms with Crippen LogP contribution in [0.25, 0.3) is 0 Å². The molecule has 1 aliphatic heterocycles. The Balaban J connectivity index is 2.43. The molecule has 0 radical (unpaired) electrons. The Morgan fingerprint density at radius 2 is 2.18 bits per heavy atom. The van der Waals surface area contributed by atoms with Crippen molar-refractivity contribution in [1.29, 1.82) is 0 Å². The molecule has 1 heterocycles. The number of aliphatic hydroxyl groups is 1. The van der Waals surface area contributed by atoms with Crippen LogP contribution in [0.15, 0.2) is 60.4 Å². The molecule has 0 saturated heterocycles. The first kappa shape index (κ1) is 11.5. The average Bonchev–Trinajstić information content (AvgIpc) is 2.55. The number of amides is 1. The molecule has 0 fully saturated rings. The molecule has 0 aromatic rings. The highest BCUT2D eigenvalue weighted by atomic mass is 16.3. The molecule has 2 aliphatic rings. The molecule has 0 aromatic carbocycles. The van der Waals surface area contributed by atoms with Crippen LogP contribution in [0, 0.1) is 0 Å². The third-order valence-electron chi connectivity index (χ3n) is 2.95. The Bertz CT molecular complexity index is 469. The smallest absolute Gasteiger partial charge is 0.251 e. The third kappa shape index (κ3) is 1.84. The molecule has 0 spiro atoms. The third-order valence-corrected chi connectivity index (χ3v) is 2.95. The van der Waals surface area contributed by atoms with Crippen LogP contribution in [0.1, 0.15) is 6.42 Å². The van der Waals surface area contributed by atoms with Gasteiger partial charge in [0.1, 0.15) is 5.76 Å². The van der Waals surface area contributed by atoms with Crippen molar-refractivity contribution in [2.24, 2.45) is 0 Å². The van der Waals surface area contributed by atoms with Crippen molar-refractivity contribution < 1.29 is 9.90 Å². The van der Waals surface area contributed by atoms with E-state index in [1.54, 1.807) is 29.2 Å². The number of hydrogen-bond donors (Lipinski definition) is 1. The predicted molar refractivity (Wildman–Crippen MR) is 67.4 cm³/mol. The maximum Gasteiger partial charge on any atom is 0.251 e. The minimum Gasteiger partial charge on any atom is -0.508 e. The molecule has 1 atom stereocenters. The van der Waals surface area contributed by atoms with Gasteiger partial charge >= 0.3 is 0 Å². The average molecular weight is 229 g/mol. The van der Waals surface area contributed by atoms with Crippen molar-refractivity contribution >= 4 is 5.91 Å². The van der Waals surface area contributed by atoms with Gasteiger partial charge in [0, 0.05) is 12.1 Å². The monoisotopic (exact) mass is 229 g/mol. The predicted octanol–water partition coefficient (Wildman–Crippen LogP) is 2.27. The van der Waals surface area contributed by atoms with Gasteiger partial charge in [-0.2, -0.15) is 0 Å². The molecule has 3 nitrogen and oxygen atoms in total. The number of allylic oxidation sites excluding steroid dienone is 2. The Hall–Kier alpha value is -2.03. The molecule has 0 saturated carbocycles. The zero-order chi connectivity index (χ0) is 12.4. The van der Waals surface area contributed by atoms with Crippen molar-refractivity contribution in [2.75, 3.05) is 6.54 Å². The fraction of sp³-hybridized carbons (Fsp3) is 0.214. The lowest BCUT2D eigenvalue weighted by atomic mass is 9.98. The zero-order valence-electron chi connectivity index (χ0n) is 9.60. The Morgan fingerprint density at radius 3 is 2.82 bits per heavy atom. The van der Waals surface area contributed by atoms with Gasteiger partial charge in [-0.3, -0.25) is 4.79 Å². The summed E-state index contributed by atoms with van der Waals surface area (Å²) in [5, 5.41) is 9.51. The summed E-state index contributed by atoms with van der Waals surface area (Å²) in [6, 6.07) is -0.0775. The number of hydrogen-bond acceptors (Lipinski definition) is 2.